The van der Waals surface area contributed by atoms with E-state index in [4.69, 9.17) is 28.6 Å². The Labute approximate surface area is 219 Å². The van der Waals surface area contributed by atoms with Crippen molar-refractivity contribution in [3.8, 4) is 5.75 Å². The van der Waals surface area contributed by atoms with Gasteiger partial charge in [-0.3, -0.25) is 14.5 Å². The predicted molar refractivity (Wildman–Crippen MR) is 147 cm³/mol. The number of amides is 2. The largest absolute Gasteiger partial charge is 0.484 e. The van der Waals surface area contributed by atoms with Crippen LogP contribution in [0.25, 0.3) is 6.08 Å². The Bertz CT molecular complexity index is 1290. The van der Waals surface area contributed by atoms with Crippen molar-refractivity contribution in [3.63, 3.8) is 0 Å². The number of halogens is 1. The Kier molecular flexibility index (Phi) is 8.23. The molecule has 0 spiro atoms. The molecular formula is C27H23ClN2O3S2. The summed E-state index contributed by atoms with van der Waals surface area (Å²) in [5.74, 6) is 0.128. The molecule has 1 heterocycles. The topological polar surface area (TPSA) is 58.6 Å². The standard InChI is InChI=1S/C27H23ClN2O3S2/c1-18-10-11-21(16-23(18)28)29-25(31)17-33-22-9-5-8-20(14-22)15-24-26(32)30(27(34)35-24)13-12-19-6-3-2-4-7-19/h2-11,14-16H,12-13,17H2,1H3,(H,29,31)/b24-15-. The zero-order valence-corrected chi connectivity index (χ0v) is 21.4. The van der Waals surface area contributed by atoms with Gasteiger partial charge in [-0.25, -0.2) is 0 Å². The number of nitrogens with zero attached hydrogens (tertiary/aromatic N) is 1. The van der Waals surface area contributed by atoms with Gasteiger partial charge in [-0.15, -0.1) is 0 Å². The highest BCUT2D eigenvalue weighted by atomic mass is 35.5. The van der Waals surface area contributed by atoms with E-state index in [1.165, 1.54) is 11.8 Å². The summed E-state index contributed by atoms with van der Waals surface area (Å²) < 4.78 is 6.21. The van der Waals surface area contributed by atoms with Crippen molar-refractivity contribution >= 4 is 63.5 Å². The molecule has 1 aliphatic heterocycles. The van der Waals surface area contributed by atoms with E-state index in [0.717, 1.165) is 23.1 Å². The van der Waals surface area contributed by atoms with Gasteiger partial charge in [-0.2, -0.15) is 0 Å². The highest BCUT2D eigenvalue weighted by Gasteiger charge is 2.31. The lowest BCUT2D eigenvalue weighted by Crippen LogP contribution is -2.30. The smallest absolute Gasteiger partial charge is 0.266 e. The molecule has 1 N–H and O–H groups in total. The van der Waals surface area contributed by atoms with Crippen molar-refractivity contribution in [2.24, 2.45) is 0 Å². The Morgan fingerprint density at radius 1 is 1.11 bits per heavy atom. The lowest BCUT2D eigenvalue weighted by atomic mass is 10.1. The number of benzene rings is 3. The normalized spacial score (nSPS) is 14.5. The third kappa shape index (κ3) is 6.72. The van der Waals surface area contributed by atoms with Crippen LogP contribution in [0, 0.1) is 6.92 Å². The number of rotatable bonds is 8. The van der Waals surface area contributed by atoms with Crippen LogP contribution in [0.3, 0.4) is 0 Å². The number of aryl methyl sites for hydroxylation is 1. The molecule has 35 heavy (non-hydrogen) atoms. The quantitative estimate of drug-likeness (QED) is 0.286. The summed E-state index contributed by atoms with van der Waals surface area (Å²) in [5.41, 5.74) is 3.49. The molecule has 3 aromatic rings. The predicted octanol–water partition coefficient (Wildman–Crippen LogP) is 6.11. The first-order valence-electron chi connectivity index (χ1n) is 11.0. The van der Waals surface area contributed by atoms with Crippen molar-refractivity contribution in [1.29, 1.82) is 0 Å². The molecule has 3 aromatic carbocycles. The molecule has 0 bridgehead atoms. The average molecular weight is 523 g/mol. The summed E-state index contributed by atoms with van der Waals surface area (Å²) in [7, 11) is 0. The van der Waals surface area contributed by atoms with Gasteiger partial charge < -0.3 is 10.1 Å². The van der Waals surface area contributed by atoms with Crippen molar-refractivity contribution in [3.05, 3.63) is 99.4 Å². The third-order valence-electron chi connectivity index (χ3n) is 5.32. The minimum atomic E-state index is -0.297. The molecule has 0 aliphatic carbocycles. The van der Waals surface area contributed by atoms with Crippen molar-refractivity contribution in [2.45, 2.75) is 13.3 Å². The Morgan fingerprint density at radius 3 is 2.69 bits per heavy atom. The second kappa shape index (κ2) is 11.5. The second-order valence-corrected chi connectivity index (χ2v) is 10.0. The molecule has 1 aliphatic rings. The van der Waals surface area contributed by atoms with Gasteiger partial charge in [0.25, 0.3) is 11.8 Å². The maximum atomic E-state index is 12.9. The minimum Gasteiger partial charge on any atom is -0.484 e. The summed E-state index contributed by atoms with van der Waals surface area (Å²) in [6, 6.07) is 22.6. The number of thioether (sulfide) groups is 1. The molecular weight excluding hydrogens is 500 g/mol. The number of nitrogens with one attached hydrogen (secondary N) is 1. The molecule has 0 atom stereocenters. The van der Waals surface area contributed by atoms with Crippen molar-refractivity contribution in [1.82, 2.24) is 4.90 Å². The zero-order valence-electron chi connectivity index (χ0n) is 19.0. The first-order valence-corrected chi connectivity index (χ1v) is 12.6. The fourth-order valence-corrected chi connectivity index (χ4v) is 4.93. The van der Waals surface area contributed by atoms with E-state index in [1.807, 2.05) is 55.5 Å². The Morgan fingerprint density at radius 2 is 1.91 bits per heavy atom. The number of carbonyl (C=O) groups is 2. The number of anilines is 1. The van der Waals surface area contributed by atoms with Gasteiger partial charge in [0.1, 0.15) is 10.1 Å². The molecule has 4 rings (SSSR count). The van der Waals surface area contributed by atoms with E-state index in [2.05, 4.69) is 5.32 Å². The van der Waals surface area contributed by atoms with Crippen LogP contribution >= 0.6 is 35.6 Å². The fourth-order valence-electron chi connectivity index (χ4n) is 3.44. The van der Waals surface area contributed by atoms with Gasteiger partial charge in [-0.05, 0) is 60.4 Å². The van der Waals surface area contributed by atoms with Crippen LogP contribution in [-0.4, -0.2) is 34.2 Å². The van der Waals surface area contributed by atoms with Gasteiger partial charge in [0.05, 0.1) is 4.91 Å². The molecule has 1 saturated heterocycles. The van der Waals surface area contributed by atoms with E-state index >= 15 is 0 Å². The van der Waals surface area contributed by atoms with Gasteiger partial charge >= 0.3 is 0 Å². The molecule has 0 saturated carbocycles. The highest BCUT2D eigenvalue weighted by Crippen LogP contribution is 2.33. The summed E-state index contributed by atoms with van der Waals surface area (Å²) in [5, 5.41) is 3.35. The lowest BCUT2D eigenvalue weighted by Gasteiger charge is -2.14. The van der Waals surface area contributed by atoms with Crippen LogP contribution in [-0.2, 0) is 16.0 Å². The summed E-state index contributed by atoms with van der Waals surface area (Å²) in [6.07, 6.45) is 2.53. The molecule has 1 fully saturated rings. The maximum absolute atomic E-state index is 12.9. The number of hydrogen-bond donors (Lipinski definition) is 1. The van der Waals surface area contributed by atoms with Crippen LogP contribution in [0.2, 0.25) is 5.02 Å². The molecule has 8 heteroatoms. The van der Waals surface area contributed by atoms with E-state index in [0.29, 0.717) is 32.2 Å². The summed E-state index contributed by atoms with van der Waals surface area (Å²) >= 11 is 12.8. The third-order valence-corrected chi connectivity index (χ3v) is 7.11. The van der Waals surface area contributed by atoms with E-state index < -0.39 is 0 Å². The monoisotopic (exact) mass is 522 g/mol. The first kappa shape index (κ1) is 25.0. The van der Waals surface area contributed by atoms with Crippen LogP contribution in [0.4, 0.5) is 5.69 Å². The summed E-state index contributed by atoms with van der Waals surface area (Å²) in [6.45, 7) is 2.28. The second-order valence-electron chi connectivity index (χ2n) is 7.94. The fraction of sp³-hybridized carbons (Fsp3) is 0.148. The molecule has 0 radical (unpaired) electrons. The van der Waals surface area contributed by atoms with E-state index in [-0.39, 0.29) is 18.4 Å². The SMILES string of the molecule is Cc1ccc(NC(=O)COc2cccc(/C=C3\SC(=S)N(CCc4ccccc4)C3=O)c2)cc1Cl. The van der Waals surface area contributed by atoms with Crippen molar-refractivity contribution < 1.29 is 14.3 Å². The van der Waals surface area contributed by atoms with Gasteiger partial charge in [-0.1, -0.05) is 84.1 Å². The summed E-state index contributed by atoms with van der Waals surface area (Å²) in [4.78, 5) is 27.4. The molecule has 178 valence electrons. The molecule has 0 aromatic heterocycles. The molecule has 2 amide bonds. The lowest BCUT2D eigenvalue weighted by molar-refractivity contribution is -0.122. The maximum Gasteiger partial charge on any atom is 0.266 e. The van der Waals surface area contributed by atoms with E-state index in [1.54, 1.807) is 35.2 Å². The average Bonchev–Trinajstić information content (AvgIpc) is 3.11. The van der Waals surface area contributed by atoms with Crippen LogP contribution in [0.5, 0.6) is 5.75 Å². The number of carbonyl (C=O) groups excluding carboxylic acids is 2. The van der Waals surface area contributed by atoms with Crippen molar-refractivity contribution in [2.75, 3.05) is 18.5 Å². The van der Waals surface area contributed by atoms with Crippen LogP contribution < -0.4 is 10.1 Å². The highest BCUT2D eigenvalue weighted by molar-refractivity contribution is 8.26. The number of ether oxygens (including phenoxy) is 1. The van der Waals surface area contributed by atoms with Crippen LogP contribution in [0.1, 0.15) is 16.7 Å². The number of hydrogen-bond acceptors (Lipinski definition) is 5. The van der Waals surface area contributed by atoms with Gasteiger partial charge in [0.2, 0.25) is 0 Å². The number of thiocarbonyl (C=S) groups is 1. The zero-order chi connectivity index (χ0) is 24.8. The first-order chi connectivity index (χ1) is 16.9. The molecule has 0 unspecified atom stereocenters. The van der Waals surface area contributed by atoms with Crippen LogP contribution in [0.15, 0.2) is 77.7 Å². The Hall–Kier alpha value is -3.13. The van der Waals surface area contributed by atoms with Gasteiger partial charge in [0.15, 0.2) is 6.61 Å². The van der Waals surface area contributed by atoms with Gasteiger partial charge in [0, 0.05) is 17.3 Å². The van der Waals surface area contributed by atoms with E-state index in [9.17, 15) is 9.59 Å². The Balaban J connectivity index is 1.35. The minimum absolute atomic E-state index is 0.0987. The molecule has 5 nitrogen and oxygen atoms in total.